The lowest BCUT2D eigenvalue weighted by Crippen LogP contribution is -2.65. The van der Waals surface area contributed by atoms with E-state index < -0.39 is 55.0 Å². The van der Waals surface area contributed by atoms with Crippen molar-refractivity contribution in [2.75, 3.05) is 6.61 Å². The molecule has 2 rings (SSSR count). The molecule has 0 bridgehead atoms. The highest BCUT2D eigenvalue weighted by atomic mass is 16.8. The predicted octanol–water partition coefficient (Wildman–Crippen LogP) is -2.99. The van der Waals surface area contributed by atoms with Gasteiger partial charge in [0, 0.05) is 19.8 Å². The molecule has 2 saturated heterocycles. The molecule has 0 aromatic carbocycles. The number of carbonyl (C=O) groups excluding carboxylic acids is 3. The average molecular weight is 318 g/mol. The van der Waals surface area contributed by atoms with Crippen molar-refractivity contribution in [3.8, 4) is 0 Å². The molecular weight excluding hydrogens is 300 g/mol. The number of nitrogens with one attached hydrogen (secondary N) is 1. The molecule has 0 saturated carbocycles. The summed E-state index contributed by atoms with van der Waals surface area (Å²) in [6, 6.07) is -1.21. The molecule has 0 aromatic rings. The Morgan fingerprint density at radius 3 is 2.41 bits per heavy atom. The number of nitrogens with zero attached hydrogens (tertiary/aromatic N) is 1. The molecule has 5 atom stereocenters. The van der Waals surface area contributed by atoms with E-state index in [0.717, 1.165) is 0 Å². The molecular formula is C12H18N2O8. The smallest absolute Gasteiger partial charge is 0.254 e. The summed E-state index contributed by atoms with van der Waals surface area (Å²) in [5.74, 6) is -1.68. The van der Waals surface area contributed by atoms with E-state index in [-0.39, 0.29) is 12.8 Å². The first-order valence-electron chi connectivity index (χ1n) is 6.77. The number of hydrogen-bond donors (Lipinski definition) is 4. The van der Waals surface area contributed by atoms with Crippen molar-refractivity contribution < 1.29 is 39.3 Å². The highest BCUT2D eigenvalue weighted by Gasteiger charge is 2.47. The number of hydroxylamine groups is 2. The highest BCUT2D eigenvalue weighted by Crippen LogP contribution is 2.24. The van der Waals surface area contributed by atoms with Crippen LogP contribution in [-0.4, -0.2) is 75.4 Å². The van der Waals surface area contributed by atoms with Crippen molar-refractivity contribution >= 4 is 17.7 Å². The third kappa shape index (κ3) is 3.25. The third-order valence-electron chi connectivity index (χ3n) is 3.47. The van der Waals surface area contributed by atoms with Crippen LogP contribution in [0.2, 0.25) is 0 Å². The van der Waals surface area contributed by atoms with Crippen molar-refractivity contribution in [3.63, 3.8) is 0 Å². The Kier molecular flexibility index (Phi) is 5.08. The summed E-state index contributed by atoms with van der Waals surface area (Å²) >= 11 is 0. The maximum atomic E-state index is 11.6. The quantitative estimate of drug-likeness (QED) is 0.401. The Hall–Kier alpha value is -1.59. The molecule has 0 aromatic heterocycles. The maximum absolute atomic E-state index is 11.6. The zero-order valence-electron chi connectivity index (χ0n) is 11.8. The van der Waals surface area contributed by atoms with Crippen LogP contribution in [0, 0.1) is 0 Å². The van der Waals surface area contributed by atoms with E-state index >= 15 is 0 Å². The Labute approximate surface area is 125 Å². The molecule has 2 heterocycles. The second-order valence-corrected chi connectivity index (χ2v) is 5.12. The largest absolute Gasteiger partial charge is 0.394 e. The van der Waals surface area contributed by atoms with Crippen LogP contribution in [0.1, 0.15) is 19.8 Å². The van der Waals surface area contributed by atoms with E-state index in [2.05, 4.69) is 5.32 Å². The molecule has 4 N–H and O–H groups in total. The van der Waals surface area contributed by atoms with Crippen LogP contribution in [-0.2, 0) is 24.0 Å². The predicted molar refractivity (Wildman–Crippen MR) is 67.5 cm³/mol. The number of amides is 3. The number of aliphatic hydroxyl groups is 3. The van der Waals surface area contributed by atoms with Crippen LogP contribution < -0.4 is 5.32 Å². The van der Waals surface area contributed by atoms with Gasteiger partial charge in [0.2, 0.25) is 12.2 Å². The topological polar surface area (TPSA) is 146 Å². The number of ether oxygens (including phenoxy) is 1. The van der Waals surface area contributed by atoms with Gasteiger partial charge in [-0.15, -0.1) is 0 Å². The lowest BCUT2D eigenvalue weighted by molar-refractivity contribution is -0.320. The van der Waals surface area contributed by atoms with Crippen molar-refractivity contribution in [1.82, 2.24) is 10.4 Å². The Balaban J connectivity index is 2.17. The summed E-state index contributed by atoms with van der Waals surface area (Å²) in [4.78, 5) is 39.5. The zero-order chi connectivity index (χ0) is 16.4. The minimum Gasteiger partial charge on any atom is -0.394 e. The molecule has 22 heavy (non-hydrogen) atoms. The summed E-state index contributed by atoms with van der Waals surface area (Å²) in [7, 11) is 0. The number of aliphatic hydroxyl groups excluding tert-OH is 3. The summed E-state index contributed by atoms with van der Waals surface area (Å²) in [6.45, 7) is 0.563. The monoisotopic (exact) mass is 318 g/mol. The van der Waals surface area contributed by atoms with Gasteiger partial charge >= 0.3 is 0 Å². The van der Waals surface area contributed by atoms with Gasteiger partial charge in [-0.3, -0.25) is 14.4 Å². The minimum atomic E-state index is -1.51. The molecule has 0 radical (unpaired) electrons. The molecule has 2 aliphatic rings. The van der Waals surface area contributed by atoms with Crippen LogP contribution >= 0.6 is 0 Å². The fraction of sp³-hybridized carbons (Fsp3) is 0.750. The molecule has 0 unspecified atom stereocenters. The van der Waals surface area contributed by atoms with E-state index in [9.17, 15) is 24.6 Å². The Bertz CT molecular complexity index is 454. The molecule has 0 spiro atoms. The van der Waals surface area contributed by atoms with E-state index in [0.29, 0.717) is 5.06 Å². The third-order valence-corrected chi connectivity index (χ3v) is 3.47. The normalized spacial score (nSPS) is 35.8. The minimum absolute atomic E-state index is 0.00896. The maximum Gasteiger partial charge on any atom is 0.254 e. The standard InChI is InChI=1S/C12H18N2O8/c1-5(16)13-9-11(20)10(19)6(4-15)21-12(9)22-14-7(17)2-3-8(14)18/h6,9-12,15,19-20H,2-4H2,1H3,(H,13,16)/t6-,9-,10-,11-,12+/m1/s1. The number of carbonyl (C=O) groups is 3. The van der Waals surface area contributed by atoms with Crippen molar-refractivity contribution in [3.05, 3.63) is 0 Å². The zero-order valence-corrected chi connectivity index (χ0v) is 11.8. The summed E-state index contributed by atoms with van der Waals surface area (Å²) < 4.78 is 5.25. The average Bonchev–Trinajstić information content (AvgIpc) is 2.77. The van der Waals surface area contributed by atoms with E-state index in [1.165, 1.54) is 6.92 Å². The number of hydrogen-bond acceptors (Lipinski definition) is 8. The van der Waals surface area contributed by atoms with Crippen LogP contribution in [0.15, 0.2) is 0 Å². The van der Waals surface area contributed by atoms with E-state index in [1.54, 1.807) is 0 Å². The van der Waals surface area contributed by atoms with Gasteiger partial charge in [0.15, 0.2) is 0 Å². The van der Waals surface area contributed by atoms with Crippen molar-refractivity contribution in [2.45, 2.75) is 50.4 Å². The van der Waals surface area contributed by atoms with Crippen LogP contribution in [0.3, 0.4) is 0 Å². The molecule has 10 heteroatoms. The van der Waals surface area contributed by atoms with E-state index in [1.807, 2.05) is 0 Å². The van der Waals surface area contributed by atoms with Crippen molar-refractivity contribution in [2.24, 2.45) is 0 Å². The first kappa shape index (κ1) is 16.8. The van der Waals surface area contributed by atoms with Gasteiger partial charge in [-0.05, 0) is 0 Å². The summed E-state index contributed by atoms with van der Waals surface area (Å²) in [5, 5.41) is 31.8. The lowest BCUT2D eigenvalue weighted by Gasteiger charge is -2.42. The highest BCUT2D eigenvalue weighted by molar-refractivity contribution is 6.00. The Morgan fingerprint density at radius 2 is 1.91 bits per heavy atom. The van der Waals surface area contributed by atoms with Gasteiger partial charge in [0.1, 0.15) is 24.4 Å². The van der Waals surface area contributed by atoms with Gasteiger partial charge < -0.3 is 25.4 Å². The first-order valence-corrected chi connectivity index (χ1v) is 6.77. The molecule has 2 aliphatic heterocycles. The Morgan fingerprint density at radius 1 is 1.32 bits per heavy atom. The molecule has 124 valence electrons. The van der Waals surface area contributed by atoms with Gasteiger partial charge in [-0.1, -0.05) is 0 Å². The van der Waals surface area contributed by atoms with Crippen LogP contribution in [0.25, 0.3) is 0 Å². The van der Waals surface area contributed by atoms with Crippen molar-refractivity contribution in [1.29, 1.82) is 0 Å². The van der Waals surface area contributed by atoms with Gasteiger partial charge in [0.05, 0.1) is 6.61 Å². The summed E-state index contributed by atoms with van der Waals surface area (Å²) in [6.07, 6.45) is -5.59. The lowest BCUT2D eigenvalue weighted by atomic mass is 9.97. The summed E-state index contributed by atoms with van der Waals surface area (Å²) in [5.41, 5.74) is 0. The first-order chi connectivity index (χ1) is 10.3. The van der Waals surface area contributed by atoms with Gasteiger partial charge in [-0.2, -0.15) is 5.06 Å². The van der Waals surface area contributed by atoms with Gasteiger partial charge in [0.25, 0.3) is 11.8 Å². The number of rotatable bonds is 4. The van der Waals surface area contributed by atoms with Crippen LogP contribution in [0.5, 0.6) is 0 Å². The van der Waals surface area contributed by atoms with E-state index in [4.69, 9.17) is 14.7 Å². The second kappa shape index (κ2) is 6.67. The van der Waals surface area contributed by atoms with Gasteiger partial charge in [-0.25, -0.2) is 4.84 Å². The SMILES string of the molecule is CC(=O)N[C@H]1[C@H](ON2C(=O)CCC2=O)O[C@H](CO)[C@@H](O)[C@@H]1O. The molecule has 0 aliphatic carbocycles. The van der Waals surface area contributed by atoms with Crippen LogP contribution in [0.4, 0.5) is 0 Å². The number of imide groups is 1. The molecule has 3 amide bonds. The molecule has 2 fully saturated rings. The second-order valence-electron chi connectivity index (χ2n) is 5.12. The fourth-order valence-corrected chi connectivity index (χ4v) is 2.34. The fourth-order valence-electron chi connectivity index (χ4n) is 2.34. The molecule has 10 nitrogen and oxygen atoms in total.